The number of aromatic nitrogens is 1. The maximum Gasteiger partial charge on any atom is 0.0494 e. The molecule has 0 aliphatic heterocycles. The summed E-state index contributed by atoms with van der Waals surface area (Å²) in [4.78, 5) is 0. The lowest BCUT2D eigenvalue weighted by Gasteiger charge is -2.04. The number of rotatable bonds is 2. The van der Waals surface area contributed by atoms with Crippen molar-refractivity contribution in [3.8, 4) is 0 Å². The van der Waals surface area contributed by atoms with Gasteiger partial charge in [0, 0.05) is 28.4 Å². The van der Waals surface area contributed by atoms with Crippen LogP contribution in [0.2, 0.25) is 0 Å². The van der Waals surface area contributed by atoms with Crippen molar-refractivity contribution in [2.75, 3.05) is 0 Å². The molecule has 90 valence electrons. The van der Waals surface area contributed by atoms with E-state index >= 15 is 0 Å². The number of fused-ring (bicyclic) bond motifs is 3. The van der Waals surface area contributed by atoms with Gasteiger partial charge in [0.05, 0.1) is 0 Å². The van der Waals surface area contributed by atoms with Gasteiger partial charge in [-0.2, -0.15) is 0 Å². The summed E-state index contributed by atoms with van der Waals surface area (Å²) in [5.74, 6) is 0. The Morgan fingerprint density at radius 3 is 1.89 bits per heavy atom. The number of para-hydroxylation sites is 2. The lowest BCUT2D eigenvalue weighted by Crippen LogP contribution is -1.94. The van der Waals surface area contributed by atoms with Crippen LogP contribution in [-0.2, 0) is 6.54 Å². The van der Waals surface area contributed by atoms with Crippen LogP contribution in [0.4, 0.5) is 0 Å². The number of nitrogens with zero attached hydrogens (tertiary/aromatic N) is 1. The highest BCUT2D eigenvalue weighted by molar-refractivity contribution is 6.07. The molecule has 0 fully saturated rings. The zero-order valence-electron chi connectivity index (χ0n) is 10.9. The summed E-state index contributed by atoms with van der Waals surface area (Å²) in [6.45, 7) is 5.23. The third-order valence-electron chi connectivity index (χ3n) is 3.36. The zero-order chi connectivity index (χ0) is 12.5. The quantitative estimate of drug-likeness (QED) is 0.564. The van der Waals surface area contributed by atoms with E-state index < -0.39 is 0 Å². The second-order valence-corrected chi connectivity index (χ2v) is 4.93. The van der Waals surface area contributed by atoms with Crippen LogP contribution in [0.15, 0.2) is 60.2 Å². The van der Waals surface area contributed by atoms with Gasteiger partial charge in [-0.05, 0) is 26.0 Å². The SMILES string of the molecule is CC(C)=CCn1c2ccccc2c2ccccc21. The van der Waals surface area contributed by atoms with Gasteiger partial charge in [0.15, 0.2) is 0 Å². The molecule has 3 aromatic rings. The van der Waals surface area contributed by atoms with E-state index in [1.54, 1.807) is 0 Å². The summed E-state index contributed by atoms with van der Waals surface area (Å²) in [6, 6.07) is 17.3. The largest absolute Gasteiger partial charge is 0.337 e. The minimum absolute atomic E-state index is 0.941. The van der Waals surface area contributed by atoms with Gasteiger partial charge in [0.1, 0.15) is 0 Å². The summed E-state index contributed by atoms with van der Waals surface area (Å²) in [7, 11) is 0. The smallest absolute Gasteiger partial charge is 0.0494 e. The van der Waals surface area contributed by atoms with E-state index in [2.05, 4.69) is 73.0 Å². The second-order valence-electron chi connectivity index (χ2n) is 4.93. The first kappa shape index (κ1) is 11.1. The first-order valence-corrected chi connectivity index (χ1v) is 6.37. The van der Waals surface area contributed by atoms with Gasteiger partial charge in [-0.1, -0.05) is 48.0 Å². The average molecular weight is 235 g/mol. The van der Waals surface area contributed by atoms with Crippen molar-refractivity contribution in [3.63, 3.8) is 0 Å². The topological polar surface area (TPSA) is 4.93 Å². The third-order valence-corrected chi connectivity index (χ3v) is 3.36. The Hall–Kier alpha value is -2.02. The molecule has 0 aliphatic rings. The molecule has 18 heavy (non-hydrogen) atoms. The fraction of sp³-hybridized carbons (Fsp3) is 0.176. The van der Waals surface area contributed by atoms with Crippen molar-refractivity contribution in [1.29, 1.82) is 0 Å². The van der Waals surface area contributed by atoms with Crippen molar-refractivity contribution < 1.29 is 0 Å². The molecule has 1 aromatic heterocycles. The van der Waals surface area contributed by atoms with E-state index in [0.29, 0.717) is 0 Å². The predicted molar refractivity (Wildman–Crippen MR) is 78.9 cm³/mol. The molecule has 1 heterocycles. The van der Waals surface area contributed by atoms with Crippen molar-refractivity contribution >= 4 is 21.8 Å². The van der Waals surface area contributed by atoms with Gasteiger partial charge >= 0.3 is 0 Å². The van der Waals surface area contributed by atoms with E-state index in [9.17, 15) is 0 Å². The summed E-state index contributed by atoms with van der Waals surface area (Å²) < 4.78 is 2.39. The standard InChI is InChI=1S/C17H17N/c1-13(2)11-12-18-16-9-5-3-7-14(16)15-8-4-6-10-17(15)18/h3-11H,12H2,1-2H3. The lowest BCUT2D eigenvalue weighted by molar-refractivity contribution is 0.890. The van der Waals surface area contributed by atoms with E-state index in [4.69, 9.17) is 0 Å². The molecule has 1 nitrogen and oxygen atoms in total. The maximum absolute atomic E-state index is 2.39. The molecule has 0 unspecified atom stereocenters. The average Bonchev–Trinajstić information content (AvgIpc) is 2.71. The van der Waals surface area contributed by atoms with Gasteiger partial charge in [0.25, 0.3) is 0 Å². The van der Waals surface area contributed by atoms with E-state index in [-0.39, 0.29) is 0 Å². The Morgan fingerprint density at radius 2 is 1.39 bits per heavy atom. The Balaban J connectivity index is 2.34. The monoisotopic (exact) mass is 235 g/mol. The van der Waals surface area contributed by atoms with Crippen molar-refractivity contribution in [3.05, 3.63) is 60.2 Å². The van der Waals surface area contributed by atoms with Gasteiger partial charge < -0.3 is 4.57 Å². The summed E-state index contributed by atoms with van der Waals surface area (Å²) in [5.41, 5.74) is 3.99. The molecule has 0 saturated heterocycles. The summed E-state index contributed by atoms with van der Waals surface area (Å²) in [6.07, 6.45) is 2.28. The molecular formula is C17H17N. The molecule has 0 spiro atoms. The Morgan fingerprint density at radius 1 is 0.889 bits per heavy atom. The first-order valence-electron chi connectivity index (χ1n) is 6.37. The normalized spacial score (nSPS) is 11.0. The van der Waals surface area contributed by atoms with Crippen LogP contribution < -0.4 is 0 Å². The first-order chi connectivity index (χ1) is 8.77. The van der Waals surface area contributed by atoms with E-state index in [1.165, 1.54) is 27.4 Å². The number of hydrogen-bond donors (Lipinski definition) is 0. The van der Waals surface area contributed by atoms with Crippen molar-refractivity contribution in [2.45, 2.75) is 20.4 Å². The molecule has 3 rings (SSSR count). The molecule has 0 bridgehead atoms. The van der Waals surface area contributed by atoms with E-state index in [1.807, 2.05) is 0 Å². The fourth-order valence-electron chi connectivity index (χ4n) is 2.47. The minimum Gasteiger partial charge on any atom is -0.337 e. The highest BCUT2D eigenvalue weighted by Crippen LogP contribution is 2.28. The Labute approximate surface area is 107 Å². The number of hydrogen-bond acceptors (Lipinski definition) is 0. The number of allylic oxidation sites excluding steroid dienone is 2. The van der Waals surface area contributed by atoms with Crippen LogP contribution in [0.25, 0.3) is 21.8 Å². The van der Waals surface area contributed by atoms with Crippen molar-refractivity contribution in [1.82, 2.24) is 4.57 Å². The second kappa shape index (κ2) is 4.34. The van der Waals surface area contributed by atoms with Gasteiger partial charge in [-0.15, -0.1) is 0 Å². The summed E-state index contributed by atoms with van der Waals surface area (Å²) in [5, 5.41) is 2.69. The molecule has 0 radical (unpaired) electrons. The molecule has 0 aliphatic carbocycles. The van der Waals surface area contributed by atoms with Crippen LogP contribution in [0.5, 0.6) is 0 Å². The van der Waals surface area contributed by atoms with Crippen molar-refractivity contribution in [2.24, 2.45) is 0 Å². The van der Waals surface area contributed by atoms with Crippen LogP contribution in [-0.4, -0.2) is 4.57 Å². The molecule has 0 N–H and O–H groups in total. The van der Waals surface area contributed by atoms with Gasteiger partial charge in [-0.3, -0.25) is 0 Å². The molecular weight excluding hydrogens is 218 g/mol. The zero-order valence-corrected chi connectivity index (χ0v) is 10.9. The third kappa shape index (κ3) is 1.72. The predicted octanol–water partition coefficient (Wildman–Crippen LogP) is 4.76. The van der Waals surface area contributed by atoms with Gasteiger partial charge in [0.2, 0.25) is 0 Å². The molecule has 0 amide bonds. The highest BCUT2D eigenvalue weighted by Gasteiger charge is 2.07. The molecule has 2 aromatic carbocycles. The molecule has 0 saturated carbocycles. The van der Waals surface area contributed by atoms with Crippen LogP contribution in [0.1, 0.15) is 13.8 Å². The lowest BCUT2D eigenvalue weighted by atomic mass is 10.2. The maximum atomic E-state index is 2.39. The molecule has 1 heteroatoms. The highest BCUT2D eigenvalue weighted by atomic mass is 15.0. The van der Waals surface area contributed by atoms with Crippen LogP contribution >= 0.6 is 0 Å². The van der Waals surface area contributed by atoms with Crippen LogP contribution in [0.3, 0.4) is 0 Å². The Kier molecular flexibility index (Phi) is 2.67. The van der Waals surface area contributed by atoms with E-state index in [0.717, 1.165) is 6.54 Å². The fourth-order valence-corrected chi connectivity index (χ4v) is 2.47. The minimum atomic E-state index is 0.941. The van der Waals surface area contributed by atoms with Gasteiger partial charge in [-0.25, -0.2) is 0 Å². The van der Waals surface area contributed by atoms with Crippen LogP contribution in [0, 0.1) is 0 Å². The number of benzene rings is 2. The summed E-state index contributed by atoms with van der Waals surface area (Å²) >= 11 is 0. The molecule has 0 atom stereocenters. The Bertz CT molecular complexity index is 674.